The summed E-state index contributed by atoms with van der Waals surface area (Å²) in [6.45, 7) is 7.00. The van der Waals surface area contributed by atoms with Gasteiger partial charge in [-0.15, -0.1) is 0 Å². The smallest absolute Gasteiger partial charge is 0.105 e. The molecule has 0 aromatic rings. The van der Waals surface area contributed by atoms with E-state index < -0.39 is 8.07 Å². The van der Waals surface area contributed by atoms with E-state index in [0.29, 0.717) is 0 Å². The number of nitrogens with zero attached hydrogens (tertiary/aromatic N) is 1. The van der Waals surface area contributed by atoms with Gasteiger partial charge in [0.25, 0.3) is 0 Å². The Bertz CT molecular complexity index is 194. The van der Waals surface area contributed by atoms with Gasteiger partial charge in [-0.05, 0) is 0 Å². The first-order valence-corrected chi connectivity index (χ1v) is 7.63. The minimum absolute atomic E-state index is 1.10. The van der Waals surface area contributed by atoms with Crippen LogP contribution < -0.4 is 0 Å². The lowest BCUT2D eigenvalue weighted by atomic mass is 10.5. The summed E-state index contributed by atoms with van der Waals surface area (Å²) in [5, 5.41) is 1.54. The molecule has 0 saturated heterocycles. The zero-order valence-corrected chi connectivity index (χ0v) is 9.43. The van der Waals surface area contributed by atoms with Crippen molar-refractivity contribution in [1.82, 2.24) is 0 Å². The normalized spacial score (nSPS) is 16.8. The Labute approximate surface area is 76.6 Å². The second kappa shape index (κ2) is 4.03. The second-order valence-electron chi connectivity index (χ2n) is 3.51. The number of aliphatic imine (C=N–C) groups is 1. The van der Waals surface area contributed by atoms with Crippen molar-refractivity contribution < 1.29 is 0 Å². The van der Waals surface area contributed by atoms with Gasteiger partial charge >= 0.3 is 0 Å². The van der Waals surface area contributed by atoms with Crippen molar-refractivity contribution in [3.8, 4) is 0 Å². The molecule has 0 radical (unpaired) electrons. The molecule has 0 fully saturated rings. The second-order valence-corrected chi connectivity index (χ2v) is 8.76. The van der Waals surface area contributed by atoms with Gasteiger partial charge in [0.05, 0.1) is 0 Å². The summed E-state index contributed by atoms with van der Waals surface area (Å²) in [5.74, 6) is 0. The third-order valence-electron chi connectivity index (χ3n) is 3.29. The molecule has 0 saturated carbocycles. The highest BCUT2D eigenvalue weighted by Gasteiger charge is 2.32. The molecule has 0 atom stereocenters. The summed E-state index contributed by atoms with van der Waals surface area (Å²) in [4.78, 5) is 4.52. The van der Waals surface area contributed by atoms with E-state index in [9.17, 15) is 0 Å². The predicted octanol–water partition coefficient (Wildman–Crippen LogP) is 3.39. The number of rotatable bonds is 4. The lowest BCUT2D eigenvalue weighted by Gasteiger charge is -2.27. The van der Waals surface area contributed by atoms with Gasteiger partial charge in [0.2, 0.25) is 0 Å². The van der Waals surface area contributed by atoms with Crippen LogP contribution in [0.1, 0.15) is 27.2 Å². The van der Waals surface area contributed by atoms with E-state index in [0.717, 1.165) is 6.42 Å². The summed E-state index contributed by atoms with van der Waals surface area (Å²) in [6.07, 6.45) is 5.32. The predicted molar refractivity (Wildman–Crippen MR) is 58.4 cm³/mol. The average Bonchev–Trinajstić information content (AvgIpc) is 2.62. The van der Waals surface area contributed by atoms with Crippen LogP contribution in [0.5, 0.6) is 0 Å². The van der Waals surface area contributed by atoms with E-state index in [1.54, 1.807) is 0 Å². The molecular formula is C10H19NSi. The molecule has 0 amide bonds. The summed E-state index contributed by atoms with van der Waals surface area (Å²) in [5.41, 5.74) is 0. The fraction of sp³-hybridized carbons (Fsp3) is 0.700. The maximum atomic E-state index is 4.52. The minimum Gasteiger partial charge on any atom is -0.270 e. The Hall–Kier alpha value is -0.373. The van der Waals surface area contributed by atoms with Gasteiger partial charge < -0.3 is 0 Å². The van der Waals surface area contributed by atoms with Crippen LogP contribution in [0.4, 0.5) is 0 Å². The maximum absolute atomic E-state index is 4.52. The third-order valence-corrected chi connectivity index (χ3v) is 8.91. The lowest BCUT2D eigenvalue weighted by Crippen LogP contribution is -2.41. The molecule has 0 aliphatic carbocycles. The number of allylic oxidation sites excluding steroid dienone is 1. The highest BCUT2D eigenvalue weighted by atomic mass is 28.3. The molecular weight excluding hydrogens is 162 g/mol. The van der Waals surface area contributed by atoms with E-state index in [4.69, 9.17) is 0 Å². The van der Waals surface area contributed by atoms with E-state index >= 15 is 0 Å². The van der Waals surface area contributed by atoms with Crippen LogP contribution in [0.25, 0.3) is 0 Å². The average molecular weight is 181 g/mol. The van der Waals surface area contributed by atoms with Crippen molar-refractivity contribution in [2.45, 2.75) is 45.3 Å². The van der Waals surface area contributed by atoms with Crippen LogP contribution >= 0.6 is 0 Å². The first-order chi connectivity index (χ1) is 5.79. The molecule has 0 aromatic heterocycles. The molecule has 0 bridgehead atoms. The Kier molecular flexibility index (Phi) is 3.26. The molecule has 1 aliphatic rings. The van der Waals surface area contributed by atoms with Gasteiger partial charge in [-0.25, -0.2) is 0 Å². The zero-order chi connectivity index (χ0) is 9.03. The van der Waals surface area contributed by atoms with E-state index in [1.165, 1.54) is 23.5 Å². The van der Waals surface area contributed by atoms with Crippen molar-refractivity contribution in [2.24, 2.45) is 4.99 Å². The molecule has 0 spiro atoms. The quantitative estimate of drug-likeness (QED) is 0.590. The van der Waals surface area contributed by atoms with Crippen LogP contribution in [-0.2, 0) is 0 Å². The Morgan fingerprint density at radius 1 is 1.25 bits per heavy atom. The molecule has 1 heterocycles. The topological polar surface area (TPSA) is 12.4 Å². The first-order valence-electron chi connectivity index (χ1n) is 5.01. The molecule has 68 valence electrons. The largest absolute Gasteiger partial charge is 0.270 e. The number of hydrogen-bond acceptors (Lipinski definition) is 1. The monoisotopic (exact) mass is 181 g/mol. The molecule has 12 heavy (non-hydrogen) atoms. The van der Waals surface area contributed by atoms with E-state index in [1.807, 2.05) is 6.20 Å². The van der Waals surface area contributed by atoms with Crippen LogP contribution in [0.3, 0.4) is 0 Å². The molecule has 1 aliphatic heterocycles. The van der Waals surface area contributed by atoms with Crippen LogP contribution in [0.15, 0.2) is 17.3 Å². The van der Waals surface area contributed by atoms with Crippen molar-refractivity contribution in [3.63, 3.8) is 0 Å². The van der Waals surface area contributed by atoms with Gasteiger partial charge in [-0.1, -0.05) is 45.0 Å². The van der Waals surface area contributed by atoms with Crippen molar-refractivity contribution >= 4 is 13.4 Å². The molecule has 0 aromatic carbocycles. The van der Waals surface area contributed by atoms with Gasteiger partial charge in [0.15, 0.2) is 0 Å². The summed E-state index contributed by atoms with van der Waals surface area (Å²) in [6, 6.07) is 4.08. The molecule has 1 rings (SSSR count). The van der Waals surface area contributed by atoms with Crippen molar-refractivity contribution in [3.05, 3.63) is 12.3 Å². The summed E-state index contributed by atoms with van der Waals surface area (Å²) >= 11 is 0. The Morgan fingerprint density at radius 3 is 2.17 bits per heavy atom. The van der Waals surface area contributed by atoms with Gasteiger partial charge in [-0.2, -0.15) is 0 Å². The molecule has 2 heteroatoms. The van der Waals surface area contributed by atoms with Gasteiger partial charge in [-0.3, -0.25) is 4.99 Å². The molecule has 1 nitrogen and oxygen atoms in total. The third kappa shape index (κ3) is 1.53. The zero-order valence-electron chi connectivity index (χ0n) is 8.43. The van der Waals surface area contributed by atoms with E-state index in [-0.39, 0.29) is 0 Å². The van der Waals surface area contributed by atoms with Gasteiger partial charge in [0.1, 0.15) is 8.07 Å². The highest BCUT2D eigenvalue weighted by molar-refractivity contribution is 7.07. The summed E-state index contributed by atoms with van der Waals surface area (Å²) in [7, 11) is -1.10. The lowest BCUT2D eigenvalue weighted by molar-refractivity contribution is 1.20. The van der Waals surface area contributed by atoms with Crippen LogP contribution in [0, 0.1) is 0 Å². The SMILES string of the molecule is CC[Si](CC)(CC)C1=NC=CC1. The minimum atomic E-state index is -1.10. The standard InChI is InChI=1S/C10H19NSi/c1-4-12(5-2,6-3)10-8-7-9-11-10/h7,9H,4-6,8H2,1-3H3. The van der Waals surface area contributed by atoms with Crippen LogP contribution in [-0.4, -0.2) is 13.4 Å². The number of hydrogen-bond donors (Lipinski definition) is 0. The van der Waals surface area contributed by atoms with Crippen LogP contribution in [0.2, 0.25) is 18.1 Å². The van der Waals surface area contributed by atoms with E-state index in [2.05, 4.69) is 31.8 Å². The summed E-state index contributed by atoms with van der Waals surface area (Å²) < 4.78 is 0. The van der Waals surface area contributed by atoms with Crippen molar-refractivity contribution in [1.29, 1.82) is 0 Å². The fourth-order valence-corrected chi connectivity index (χ4v) is 5.70. The Balaban J connectivity index is 2.77. The van der Waals surface area contributed by atoms with Crippen molar-refractivity contribution in [2.75, 3.05) is 0 Å². The first kappa shape index (κ1) is 9.71. The fourth-order valence-electron chi connectivity index (χ4n) is 2.08. The Morgan fingerprint density at radius 2 is 1.83 bits per heavy atom. The molecule has 0 unspecified atom stereocenters. The molecule has 0 N–H and O–H groups in total. The maximum Gasteiger partial charge on any atom is 0.105 e. The van der Waals surface area contributed by atoms with Gasteiger partial charge in [0, 0.05) is 18.0 Å². The highest BCUT2D eigenvalue weighted by Crippen LogP contribution is 2.25.